The van der Waals surface area contributed by atoms with E-state index in [1.54, 1.807) is 30.8 Å². The molecular formula is C32H34FN3O4S2. The summed E-state index contributed by atoms with van der Waals surface area (Å²) in [7, 11) is -2.36. The Morgan fingerprint density at radius 2 is 1.90 bits per heavy atom. The Kier molecular flexibility index (Phi) is 8.20. The molecule has 4 aromatic rings. The van der Waals surface area contributed by atoms with Crippen LogP contribution in [0.5, 0.6) is 11.5 Å². The van der Waals surface area contributed by atoms with Crippen LogP contribution in [-0.2, 0) is 16.6 Å². The van der Waals surface area contributed by atoms with E-state index in [1.807, 2.05) is 43.3 Å². The van der Waals surface area contributed by atoms with Gasteiger partial charge in [0.15, 0.2) is 5.13 Å². The number of anilines is 1. The first-order valence-electron chi connectivity index (χ1n) is 14.2. The zero-order valence-corrected chi connectivity index (χ0v) is 25.3. The second-order valence-electron chi connectivity index (χ2n) is 10.8. The summed E-state index contributed by atoms with van der Waals surface area (Å²) in [6.45, 7) is 3.50. The monoisotopic (exact) mass is 607 g/mol. The molecular weight excluding hydrogens is 574 g/mol. The summed E-state index contributed by atoms with van der Waals surface area (Å²) in [5, 5.41) is 2.17. The minimum absolute atomic E-state index is 0.0814. The molecule has 1 aromatic heterocycles. The van der Waals surface area contributed by atoms with Crippen molar-refractivity contribution in [2.45, 2.75) is 56.1 Å². The third kappa shape index (κ3) is 5.63. The number of hydrogen-bond acceptors (Lipinski definition) is 7. The predicted octanol–water partition coefficient (Wildman–Crippen LogP) is 7.05. The molecule has 0 N–H and O–H groups in total. The van der Waals surface area contributed by atoms with Gasteiger partial charge in [0.25, 0.3) is 10.0 Å². The minimum Gasteiger partial charge on any atom is -0.497 e. The van der Waals surface area contributed by atoms with Crippen molar-refractivity contribution in [2.24, 2.45) is 0 Å². The Labute approximate surface area is 250 Å². The van der Waals surface area contributed by atoms with E-state index in [4.69, 9.17) is 9.47 Å². The topological polar surface area (TPSA) is 72.0 Å². The molecule has 2 aliphatic rings. The SMILES string of the molecule is COc1ccc(CN(c2nccs2)S(=O)(=O)c2ccc3c(c2)OCCC3N2CCCCC2c2ccc(F)cc2)c(C)c1. The summed E-state index contributed by atoms with van der Waals surface area (Å²) < 4.78 is 54.8. The van der Waals surface area contributed by atoms with E-state index in [9.17, 15) is 12.8 Å². The highest BCUT2D eigenvalue weighted by atomic mass is 32.2. The molecule has 42 heavy (non-hydrogen) atoms. The van der Waals surface area contributed by atoms with Crippen LogP contribution in [0.4, 0.5) is 9.52 Å². The normalized spacial score (nSPS) is 19.1. The molecule has 6 rings (SSSR count). The summed E-state index contributed by atoms with van der Waals surface area (Å²) in [5.74, 6) is 1.08. The van der Waals surface area contributed by atoms with Gasteiger partial charge < -0.3 is 9.47 Å². The lowest BCUT2D eigenvalue weighted by molar-refractivity contribution is 0.0668. The van der Waals surface area contributed by atoms with Gasteiger partial charge in [0, 0.05) is 41.7 Å². The fourth-order valence-corrected chi connectivity index (χ4v) is 8.36. The number of hydrogen-bond donors (Lipinski definition) is 0. The van der Waals surface area contributed by atoms with Crippen molar-refractivity contribution in [3.05, 3.63) is 100 Å². The van der Waals surface area contributed by atoms with Crippen LogP contribution in [0.2, 0.25) is 0 Å². The first kappa shape index (κ1) is 28.6. The average molecular weight is 608 g/mol. The van der Waals surface area contributed by atoms with E-state index in [1.165, 1.54) is 27.8 Å². The number of benzene rings is 3. The molecule has 1 fully saturated rings. The lowest BCUT2D eigenvalue weighted by Crippen LogP contribution is -2.39. The van der Waals surface area contributed by atoms with Gasteiger partial charge in [-0.3, -0.25) is 4.90 Å². The molecule has 0 spiro atoms. The number of sulfonamides is 1. The molecule has 2 atom stereocenters. The molecule has 220 valence electrons. The highest BCUT2D eigenvalue weighted by molar-refractivity contribution is 7.93. The molecule has 3 heterocycles. The zero-order valence-electron chi connectivity index (χ0n) is 23.7. The second-order valence-corrected chi connectivity index (χ2v) is 13.5. The Balaban J connectivity index is 1.32. The maximum atomic E-state index is 14.2. The van der Waals surface area contributed by atoms with Gasteiger partial charge >= 0.3 is 0 Å². The molecule has 0 radical (unpaired) electrons. The third-order valence-electron chi connectivity index (χ3n) is 8.28. The van der Waals surface area contributed by atoms with Crippen LogP contribution in [-0.4, -0.2) is 38.6 Å². The standard InChI is InChI=1S/C32H34FN3O4S2/c1-22-19-26(39-2)11-8-24(22)21-36(32-34-15-18-41-32)42(37,38)27-12-13-28-30(14-17-40-31(28)20-27)35-16-4-3-5-29(35)23-6-9-25(33)10-7-23/h6-13,15,18-20,29-30H,3-5,14,16-17,21H2,1-2H3. The van der Waals surface area contributed by atoms with Crippen molar-refractivity contribution < 1.29 is 22.3 Å². The Hall–Kier alpha value is -3.47. The van der Waals surface area contributed by atoms with Gasteiger partial charge in [-0.15, -0.1) is 11.3 Å². The summed E-state index contributed by atoms with van der Waals surface area (Å²) in [5.41, 5.74) is 3.89. The van der Waals surface area contributed by atoms with Crippen molar-refractivity contribution in [1.29, 1.82) is 0 Å². The molecule has 2 unspecified atom stereocenters. The third-order valence-corrected chi connectivity index (χ3v) is 10.9. The van der Waals surface area contributed by atoms with Gasteiger partial charge in [0.1, 0.15) is 17.3 Å². The highest BCUT2D eigenvalue weighted by Gasteiger charge is 2.36. The zero-order chi connectivity index (χ0) is 29.3. The van der Waals surface area contributed by atoms with Crippen LogP contribution < -0.4 is 13.8 Å². The molecule has 2 aliphatic heterocycles. The number of thiazole rings is 1. The molecule has 7 nitrogen and oxygen atoms in total. The number of likely N-dealkylation sites (tertiary alicyclic amines) is 1. The van der Waals surface area contributed by atoms with E-state index >= 15 is 0 Å². The predicted molar refractivity (Wildman–Crippen MR) is 162 cm³/mol. The summed E-state index contributed by atoms with van der Waals surface area (Å²) in [6, 6.07) is 17.9. The Morgan fingerprint density at radius 1 is 1.07 bits per heavy atom. The molecule has 0 bridgehead atoms. The Morgan fingerprint density at radius 3 is 2.64 bits per heavy atom. The maximum Gasteiger partial charge on any atom is 0.266 e. The number of nitrogens with zero attached hydrogens (tertiary/aromatic N) is 3. The van der Waals surface area contributed by atoms with Crippen molar-refractivity contribution in [3.8, 4) is 11.5 Å². The fraction of sp³-hybridized carbons (Fsp3) is 0.344. The van der Waals surface area contributed by atoms with E-state index in [-0.39, 0.29) is 29.3 Å². The number of methoxy groups -OCH3 is 1. The first-order valence-corrected chi connectivity index (χ1v) is 16.5. The van der Waals surface area contributed by atoms with Gasteiger partial charge in [-0.2, -0.15) is 0 Å². The number of aryl methyl sites for hydroxylation is 1. The van der Waals surface area contributed by atoms with Crippen LogP contribution in [0.25, 0.3) is 0 Å². The average Bonchev–Trinajstić information content (AvgIpc) is 3.55. The summed E-state index contributed by atoms with van der Waals surface area (Å²) >= 11 is 1.28. The summed E-state index contributed by atoms with van der Waals surface area (Å²) in [4.78, 5) is 7.00. The number of ether oxygens (including phenoxy) is 2. The number of rotatable bonds is 8. The largest absolute Gasteiger partial charge is 0.497 e. The first-order chi connectivity index (χ1) is 20.3. The number of aromatic nitrogens is 1. The lowest BCUT2D eigenvalue weighted by Gasteiger charge is -2.43. The molecule has 0 saturated carbocycles. The molecule has 3 aromatic carbocycles. The van der Waals surface area contributed by atoms with E-state index < -0.39 is 10.0 Å². The molecule has 0 amide bonds. The van der Waals surface area contributed by atoms with Gasteiger partial charge in [0.05, 0.1) is 25.2 Å². The van der Waals surface area contributed by atoms with Crippen LogP contribution in [0, 0.1) is 12.7 Å². The number of piperidine rings is 1. The molecule has 1 saturated heterocycles. The molecule has 0 aliphatic carbocycles. The van der Waals surface area contributed by atoms with Crippen LogP contribution >= 0.6 is 11.3 Å². The highest BCUT2D eigenvalue weighted by Crippen LogP contribution is 2.44. The second kappa shape index (κ2) is 12.0. The smallest absolute Gasteiger partial charge is 0.266 e. The molecule has 10 heteroatoms. The van der Waals surface area contributed by atoms with Crippen LogP contribution in [0.1, 0.15) is 60.0 Å². The van der Waals surface area contributed by atoms with E-state index in [2.05, 4.69) is 9.88 Å². The van der Waals surface area contributed by atoms with E-state index in [0.717, 1.165) is 60.2 Å². The van der Waals surface area contributed by atoms with Crippen molar-refractivity contribution in [1.82, 2.24) is 9.88 Å². The lowest BCUT2D eigenvalue weighted by atomic mass is 9.89. The number of halogens is 1. The van der Waals surface area contributed by atoms with Crippen LogP contribution in [0.3, 0.4) is 0 Å². The van der Waals surface area contributed by atoms with Crippen molar-refractivity contribution in [3.63, 3.8) is 0 Å². The van der Waals surface area contributed by atoms with Gasteiger partial charge in [0.2, 0.25) is 0 Å². The van der Waals surface area contributed by atoms with E-state index in [0.29, 0.717) is 17.5 Å². The van der Waals surface area contributed by atoms with Crippen LogP contribution in [0.15, 0.2) is 77.1 Å². The van der Waals surface area contributed by atoms with Gasteiger partial charge in [-0.25, -0.2) is 22.1 Å². The van der Waals surface area contributed by atoms with Gasteiger partial charge in [-0.05, 0) is 73.3 Å². The maximum absolute atomic E-state index is 14.2. The number of fused-ring (bicyclic) bond motifs is 1. The fourth-order valence-electron chi connectivity index (χ4n) is 6.07. The van der Waals surface area contributed by atoms with Crippen molar-refractivity contribution >= 4 is 26.5 Å². The quantitative estimate of drug-likeness (QED) is 0.214. The summed E-state index contributed by atoms with van der Waals surface area (Å²) in [6.07, 6.45) is 5.62. The minimum atomic E-state index is -3.97. The van der Waals surface area contributed by atoms with Gasteiger partial charge in [-0.1, -0.05) is 30.7 Å². The van der Waals surface area contributed by atoms with Crippen molar-refractivity contribution in [2.75, 3.05) is 24.6 Å². The Bertz CT molecular complexity index is 1640.